The largest absolute Gasteiger partial charge is 0.490 e. The molecule has 6 nitrogen and oxygen atoms in total. The van der Waals surface area contributed by atoms with Crippen LogP contribution in [-0.2, 0) is 0 Å². The fraction of sp³-hybridized carbons (Fsp3) is 0.455. The lowest BCUT2D eigenvalue weighted by Gasteiger charge is -2.30. The molecule has 1 aliphatic carbocycles. The number of halogens is 1. The highest BCUT2D eigenvalue weighted by Crippen LogP contribution is 2.31. The highest BCUT2D eigenvalue weighted by Gasteiger charge is 2.25. The summed E-state index contributed by atoms with van der Waals surface area (Å²) in [5.74, 6) is 1.54. The number of aromatic nitrogens is 2. The van der Waals surface area contributed by atoms with E-state index in [1.807, 2.05) is 20.8 Å². The summed E-state index contributed by atoms with van der Waals surface area (Å²) >= 11 is 6.22. The van der Waals surface area contributed by atoms with E-state index in [0.29, 0.717) is 21.9 Å². The standard InChI is InChI=1S/C22H25ClN4O2/c1-13(2)21-25-11-16(12-26-21)22(28)27-17-5-7-18(8-6-17)29-19-9-4-15(10-24)20(23)14(19)3/h4,9,11-13,17-18H,5-8H2,1-3H3,(H,27,28). The molecule has 1 aromatic carbocycles. The molecule has 2 aromatic rings. The molecule has 29 heavy (non-hydrogen) atoms. The van der Waals surface area contributed by atoms with Gasteiger partial charge in [0.25, 0.3) is 5.91 Å². The Balaban J connectivity index is 1.52. The summed E-state index contributed by atoms with van der Waals surface area (Å²) in [6.45, 7) is 5.89. The van der Waals surface area contributed by atoms with Crippen LogP contribution in [-0.4, -0.2) is 28.0 Å². The minimum atomic E-state index is -0.139. The molecule has 1 aliphatic rings. The molecule has 0 atom stereocenters. The van der Waals surface area contributed by atoms with Crippen LogP contribution in [0, 0.1) is 18.3 Å². The van der Waals surface area contributed by atoms with Gasteiger partial charge in [-0.1, -0.05) is 25.4 Å². The number of nitriles is 1. The Bertz CT molecular complexity index is 914. The third-order valence-corrected chi connectivity index (χ3v) is 5.70. The number of nitrogens with zero attached hydrogens (tertiary/aromatic N) is 3. The first kappa shape index (κ1) is 21.1. The maximum absolute atomic E-state index is 12.4. The first-order chi connectivity index (χ1) is 13.9. The molecule has 0 unspecified atom stereocenters. The molecule has 152 valence electrons. The van der Waals surface area contributed by atoms with Crippen LogP contribution in [0.25, 0.3) is 0 Å². The van der Waals surface area contributed by atoms with E-state index in [4.69, 9.17) is 21.6 Å². The maximum atomic E-state index is 12.4. The topological polar surface area (TPSA) is 87.9 Å². The summed E-state index contributed by atoms with van der Waals surface area (Å²) in [4.78, 5) is 21.0. The van der Waals surface area contributed by atoms with E-state index < -0.39 is 0 Å². The number of hydrogen-bond donors (Lipinski definition) is 1. The second-order valence-corrected chi connectivity index (χ2v) is 8.09. The molecule has 1 saturated carbocycles. The number of hydrogen-bond acceptors (Lipinski definition) is 5. The molecule has 0 saturated heterocycles. The van der Waals surface area contributed by atoms with Crippen molar-refractivity contribution < 1.29 is 9.53 Å². The molecule has 3 rings (SSSR count). The van der Waals surface area contributed by atoms with Crippen molar-refractivity contribution in [2.24, 2.45) is 0 Å². The van der Waals surface area contributed by atoms with Crippen molar-refractivity contribution in [1.29, 1.82) is 5.26 Å². The molecule has 1 N–H and O–H groups in total. The third kappa shape index (κ3) is 5.04. The Kier molecular flexibility index (Phi) is 6.71. The zero-order valence-corrected chi connectivity index (χ0v) is 17.7. The van der Waals surface area contributed by atoms with Crippen LogP contribution in [0.2, 0.25) is 5.02 Å². The Morgan fingerprint density at radius 3 is 2.48 bits per heavy atom. The SMILES string of the molecule is Cc1c(OC2CCC(NC(=O)c3cnc(C(C)C)nc3)CC2)ccc(C#N)c1Cl. The lowest BCUT2D eigenvalue weighted by Crippen LogP contribution is -2.39. The number of ether oxygens (including phenoxy) is 1. The fourth-order valence-corrected chi connectivity index (χ4v) is 3.61. The molecule has 0 radical (unpaired) electrons. The normalized spacial score (nSPS) is 18.9. The van der Waals surface area contributed by atoms with Crippen LogP contribution in [0.3, 0.4) is 0 Å². The van der Waals surface area contributed by atoms with E-state index in [2.05, 4.69) is 21.4 Å². The molecule has 7 heteroatoms. The Morgan fingerprint density at radius 1 is 1.24 bits per heavy atom. The summed E-state index contributed by atoms with van der Waals surface area (Å²) in [6.07, 6.45) is 6.59. The first-order valence-corrected chi connectivity index (χ1v) is 10.3. The van der Waals surface area contributed by atoms with Crippen molar-refractivity contribution >= 4 is 17.5 Å². The molecule has 0 bridgehead atoms. The average Bonchev–Trinajstić information content (AvgIpc) is 2.73. The van der Waals surface area contributed by atoms with Gasteiger partial charge in [0, 0.05) is 29.9 Å². The van der Waals surface area contributed by atoms with E-state index in [9.17, 15) is 4.79 Å². The quantitative estimate of drug-likeness (QED) is 0.777. The number of benzene rings is 1. The zero-order valence-electron chi connectivity index (χ0n) is 16.9. The highest BCUT2D eigenvalue weighted by molar-refractivity contribution is 6.32. The van der Waals surface area contributed by atoms with Gasteiger partial charge in [-0.05, 0) is 44.7 Å². The fourth-order valence-electron chi connectivity index (χ4n) is 3.41. The van der Waals surface area contributed by atoms with Gasteiger partial charge < -0.3 is 10.1 Å². The summed E-state index contributed by atoms with van der Waals surface area (Å²) in [7, 11) is 0. The second kappa shape index (κ2) is 9.23. The van der Waals surface area contributed by atoms with Crippen LogP contribution in [0.5, 0.6) is 5.75 Å². The van der Waals surface area contributed by atoms with Crippen molar-refractivity contribution in [3.8, 4) is 11.8 Å². The molecule has 0 spiro atoms. The zero-order chi connectivity index (χ0) is 21.0. The van der Waals surface area contributed by atoms with Crippen LogP contribution in [0.4, 0.5) is 0 Å². The third-order valence-electron chi connectivity index (χ3n) is 5.21. The van der Waals surface area contributed by atoms with Gasteiger partial charge in [-0.25, -0.2) is 9.97 Å². The molecule has 1 amide bonds. The predicted octanol–water partition coefficient (Wildman–Crippen LogP) is 4.55. The summed E-state index contributed by atoms with van der Waals surface area (Å²) in [5.41, 5.74) is 1.72. The first-order valence-electron chi connectivity index (χ1n) is 9.87. The monoisotopic (exact) mass is 412 g/mol. The second-order valence-electron chi connectivity index (χ2n) is 7.71. The predicted molar refractivity (Wildman–Crippen MR) is 111 cm³/mol. The van der Waals surface area contributed by atoms with Crippen molar-refractivity contribution in [2.75, 3.05) is 0 Å². The molecule has 0 aliphatic heterocycles. The highest BCUT2D eigenvalue weighted by atomic mass is 35.5. The number of amides is 1. The Hall–Kier alpha value is -2.65. The molecular formula is C22H25ClN4O2. The van der Waals surface area contributed by atoms with E-state index in [0.717, 1.165) is 37.1 Å². The lowest BCUT2D eigenvalue weighted by molar-refractivity contribution is 0.0892. The molecular weight excluding hydrogens is 388 g/mol. The minimum Gasteiger partial charge on any atom is -0.490 e. The molecule has 1 fully saturated rings. The maximum Gasteiger partial charge on any atom is 0.254 e. The number of carbonyl (C=O) groups is 1. The lowest BCUT2D eigenvalue weighted by atomic mass is 9.92. The molecule has 1 aromatic heterocycles. The summed E-state index contributed by atoms with van der Waals surface area (Å²) < 4.78 is 6.11. The van der Waals surface area contributed by atoms with E-state index in [-0.39, 0.29) is 24.0 Å². The van der Waals surface area contributed by atoms with Crippen LogP contribution in [0.1, 0.15) is 72.8 Å². The van der Waals surface area contributed by atoms with Crippen molar-refractivity contribution in [3.63, 3.8) is 0 Å². The van der Waals surface area contributed by atoms with Gasteiger partial charge in [-0.2, -0.15) is 5.26 Å². The number of carbonyl (C=O) groups excluding carboxylic acids is 1. The van der Waals surface area contributed by atoms with E-state index >= 15 is 0 Å². The Morgan fingerprint density at radius 2 is 1.90 bits per heavy atom. The van der Waals surface area contributed by atoms with Crippen LogP contribution < -0.4 is 10.1 Å². The van der Waals surface area contributed by atoms with Crippen LogP contribution in [0.15, 0.2) is 24.5 Å². The van der Waals surface area contributed by atoms with Crippen LogP contribution >= 0.6 is 11.6 Å². The van der Waals surface area contributed by atoms with E-state index in [1.165, 1.54) is 0 Å². The number of rotatable bonds is 5. The van der Waals surface area contributed by atoms with Gasteiger partial charge in [0.15, 0.2) is 0 Å². The van der Waals surface area contributed by atoms with E-state index in [1.54, 1.807) is 24.5 Å². The van der Waals surface area contributed by atoms with Gasteiger partial charge in [-0.15, -0.1) is 0 Å². The van der Waals surface area contributed by atoms with Crippen molar-refractivity contribution in [3.05, 3.63) is 52.1 Å². The summed E-state index contributed by atoms with van der Waals surface area (Å²) in [5, 5.41) is 12.6. The minimum absolute atomic E-state index is 0.0690. The van der Waals surface area contributed by atoms with Gasteiger partial charge in [0.2, 0.25) is 0 Å². The number of nitrogens with one attached hydrogen (secondary N) is 1. The Labute approximate surface area is 176 Å². The van der Waals surface area contributed by atoms with Gasteiger partial charge in [0.05, 0.1) is 22.3 Å². The smallest absolute Gasteiger partial charge is 0.254 e. The van der Waals surface area contributed by atoms with Gasteiger partial charge in [-0.3, -0.25) is 4.79 Å². The van der Waals surface area contributed by atoms with Gasteiger partial charge in [0.1, 0.15) is 17.6 Å². The van der Waals surface area contributed by atoms with Crippen molar-refractivity contribution in [2.45, 2.75) is 64.5 Å². The van der Waals surface area contributed by atoms with Gasteiger partial charge >= 0.3 is 0 Å². The molecule has 1 heterocycles. The average molecular weight is 413 g/mol. The summed E-state index contributed by atoms with van der Waals surface area (Å²) in [6, 6.07) is 5.67. The van der Waals surface area contributed by atoms with Crippen molar-refractivity contribution in [1.82, 2.24) is 15.3 Å².